The highest BCUT2D eigenvalue weighted by Crippen LogP contribution is 2.23. The van der Waals surface area contributed by atoms with Crippen molar-refractivity contribution in [1.29, 1.82) is 0 Å². The van der Waals surface area contributed by atoms with Gasteiger partial charge in [0.05, 0.1) is 7.11 Å². The Kier molecular flexibility index (Phi) is 8.76. The molecule has 1 amide bonds. The van der Waals surface area contributed by atoms with Crippen LogP contribution in [0.1, 0.15) is 44.1 Å². The number of benzene rings is 1. The first-order chi connectivity index (χ1) is 14.5. The minimum atomic E-state index is 0.334. The minimum Gasteiger partial charge on any atom is -0.497 e. The maximum atomic E-state index is 12.7. The quantitative estimate of drug-likeness (QED) is 0.650. The van der Waals surface area contributed by atoms with E-state index in [0.29, 0.717) is 24.3 Å². The predicted octanol–water partition coefficient (Wildman–Crippen LogP) is 3.75. The zero-order valence-electron chi connectivity index (χ0n) is 19.1. The molecule has 1 aromatic carbocycles. The van der Waals surface area contributed by atoms with Crippen LogP contribution >= 0.6 is 0 Å². The number of carbonyl (C=O) groups excluding carboxylic acids is 1. The third-order valence-corrected chi connectivity index (χ3v) is 6.79. The van der Waals surface area contributed by atoms with E-state index < -0.39 is 0 Å². The second-order valence-electron chi connectivity index (χ2n) is 9.02. The van der Waals surface area contributed by atoms with E-state index in [1.165, 1.54) is 18.4 Å². The molecule has 5 nitrogen and oxygen atoms in total. The number of hydrogen-bond donors (Lipinski definition) is 0. The summed E-state index contributed by atoms with van der Waals surface area (Å²) in [7, 11) is 5.87. The Morgan fingerprint density at radius 3 is 2.60 bits per heavy atom. The average molecular weight is 414 g/mol. The first kappa shape index (κ1) is 22.8. The van der Waals surface area contributed by atoms with Crippen LogP contribution in [0.4, 0.5) is 0 Å². The molecular formula is C25H39N3O2. The van der Waals surface area contributed by atoms with Gasteiger partial charge in [-0.25, -0.2) is 0 Å². The van der Waals surface area contributed by atoms with Crippen LogP contribution in [0.3, 0.4) is 0 Å². The zero-order valence-corrected chi connectivity index (χ0v) is 19.1. The van der Waals surface area contributed by atoms with Gasteiger partial charge in [-0.2, -0.15) is 0 Å². The number of rotatable bonds is 8. The molecule has 1 unspecified atom stereocenters. The van der Waals surface area contributed by atoms with E-state index in [4.69, 9.17) is 4.74 Å². The van der Waals surface area contributed by atoms with E-state index in [1.54, 1.807) is 7.11 Å². The molecule has 0 radical (unpaired) electrons. The van der Waals surface area contributed by atoms with Crippen molar-refractivity contribution in [2.24, 2.45) is 5.92 Å². The molecule has 30 heavy (non-hydrogen) atoms. The molecule has 2 heterocycles. The number of likely N-dealkylation sites (tertiary alicyclic amines) is 2. The smallest absolute Gasteiger partial charge is 0.222 e. The van der Waals surface area contributed by atoms with Crippen molar-refractivity contribution in [3.8, 4) is 5.75 Å². The molecule has 0 N–H and O–H groups in total. The highest BCUT2D eigenvalue weighted by Gasteiger charge is 2.25. The molecule has 1 atom stereocenters. The topological polar surface area (TPSA) is 36.0 Å². The van der Waals surface area contributed by atoms with Gasteiger partial charge in [0.25, 0.3) is 0 Å². The van der Waals surface area contributed by atoms with Crippen LogP contribution in [0.2, 0.25) is 0 Å². The van der Waals surface area contributed by atoms with Gasteiger partial charge in [-0.15, -0.1) is 0 Å². The standard InChI is InChI=1S/C25H39N3O2/c1-26-18-14-23(15-19-26)27(2)25(29)13-10-22-7-5-17-28(20-22)16-4-6-21-8-11-24(30-3)12-9-21/h4,6,8-9,11-12,22-23H,5,7,10,13-20H2,1-3H3/b6-4+. The van der Waals surface area contributed by atoms with E-state index in [1.807, 2.05) is 24.1 Å². The number of hydrogen-bond acceptors (Lipinski definition) is 4. The minimum absolute atomic E-state index is 0.334. The highest BCUT2D eigenvalue weighted by atomic mass is 16.5. The molecular weight excluding hydrogens is 374 g/mol. The van der Waals surface area contributed by atoms with Crippen LogP contribution in [0.15, 0.2) is 30.3 Å². The second kappa shape index (κ2) is 11.5. The van der Waals surface area contributed by atoms with E-state index >= 15 is 0 Å². The van der Waals surface area contributed by atoms with E-state index in [2.05, 4.69) is 41.1 Å². The van der Waals surface area contributed by atoms with Crippen molar-refractivity contribution in [3.63, 3.8) is 0 Å². The number of carbonyl (C=O) groups is 1. The van der Waals surface area contributed by atoms with Gasteiger partial charge in [0.1, 0.15) is 5.75 Å². The van der Waals surface area contributed by atoms with Gasteiger partial charge in [0.2, 0.25) is 5.91 Å². The summed E-state index contributed by atoms with van der Waals surface area (Å²) in [6, 6.07) is 8.59. The zero-order chi connectivity index (χ0) is 21.3. The van der Waals surface area contributed by atoms with Crippen molar-refractivity contribution in [1.82, 2.24) is 14.7 Å². The monoisotopic (exact) mass is 413 g/mol. The largest absolute Gasteiger partial charge is 0.497 e. The predicted molar refractivity (Wildman–Crippen MR) is 124 cm³/mol. The fourth-order valence-electron chi connectivity index (χ4n) is 4.70. The number of amides is 1. The lowest BCUT2D eigenvalue weighted by Gasteiger charge is -2.36. The molecule has 0 aromatic heterocycles. The Balaban J connectivity index is 1.38. The number of piperidine rings is 2. The summed E-state index contributed by atoms with van der Waals surface area (Å²) in [5, 5.41) is 0. The van der Waals surface area contributed by atoms with Crippen molar-refractivity contribution >= 4 is 12.0 Å². The van der Waals surface area contributed by atoms with Gasteiger partial charge < -0.3 is 14.5 Å². The van der Waals surface area contributed by atoms with Crippen LogP contribution in [0.5, 0.6) is 5.75 Å². The molecule has 2 fully saturated rings. The second-order valence-corrected chi connectivity index (χ2v) is 9.02. The molecule has 2 saturated heterocycles. The Bertz CT molecular complexity index is 680. The summed E-state index contributed by atoms with van der Waals surface area (Å²) in [5.74, 6) is 1.87. The highest BCUT2D eigenvalue weighted by molar-refractivity contribution is 5.76. The van der Waals surface area contributed by atoms with E-state index in [9.17, 15) is 4.79 Å². The third kappa shape index (κ3) is 6.85. The van der Waals surface area contributed by atoms with Gasteiger partial charge in [-0.05, 0) is 82.4 Å². The number of nitrogens with zero attached hydrogens (tertiary/aromatic N) is 3. The van der Waals surface area contributed by atoms with Crippen molar-refractivity contribution in [2.75, 3.05) is 53.9 Å². The molecule has 1 aromatic rings. The van der Waals surface area contributed by atoms with Crippen LogP contribution in [0.25, 0.3) is 6.08 Å². The Morgan fingerprint density at radius 1 is 1.17 bits per heavy atom. The van der Waals surface area contributed by atoms with Gasteiger partial charge in [-0.1, -0.05) is 24.3 Å². The molecule has 0 spiro atoms. The lowest BCUT2D eigenvalue weighted by Crippen LogP contribution is -2.44. The van der Waals surface area contributed by atoms with Gasteiger partial charge in [0, 0.05) is 32.6 Å². The number of ether oxygens (including phenoxy) is 1. The lowest BCUT2D eigenvalue weighted by molar-refractivity contribution is -0.133. The fourth-order valence-corrected chi connectivity index (χ4v) is 4.70. The van der Waals surface area contributed by atoms with E-state index in [0.717, 1.165) is 57.7 Å². The van der Waals surface area contributed by atoms with Gasteiger partial charge >= 0.3 is 0 Å². The molecule has 2 aliphatic rings. The summed E-state index contributed by atoms with van der Waals surface area (Å²) in [5.41, 5.74) is 1.20. The van der Waals surface area contributed by atoms with Gasteiger partial charge in [-0.3, -0.25) is 9.69 Å². The Labute approximate surface area is 182 Å². The maximum absolute atomic E-state index is 12.7. The first-order valence-corrected chi connectivity index (χ1v) is 11.5. The third-order valence-electron chi connectivity index (χ3n) is 6.79. The Hall–Kier alpha value is -1.85. The van der Waals surface area contributed by atoms with Crippen LogP contribution < -0.4 is 4.74 Å². The molecule has 2 aliphatic heterocycles. The maximum Gasteiger partial charge on any atom is 0.222 e. The van der Waals surface area contributed by atoms with Crippen molar-refractivity contribution in [3.05, 3.63) is 35.9 Å². The first-order valence-electron chi connectivity index (χ1n) is 11.5. The van der Waals surface area contributed by atoms with Crippen LogP contribution in [-0.4, -0.2) is 80.6 Å². The summed E-state index contributed by atoms with van der Waals surface area (Å²) in [6.07, 6.45) is 10.9. The molecule has 0 bridgehead atoms. The molecule has 0 saturated carbocycles. The normalized spacial score (nSPS) is 21.8. The summed E-state index contributed by atoms with van der Waals surface area (Å²) < 4.78 is 5.21. The lowest BCUT2D eigenvalue weighted by atomic mass is 9.93. The molecule has 0 aliphatic carbocycles. The van der Waals surface area contributed by atoms with Crippen molar-refractivity contribution < 1.29 is 9.53 Å². The molecule has 5 heteroatoms. The Morgan fingerprint density at radius 2 is 1.90 bits per heavy atom. The molecule has 166 valence electrons. The van der Waals surface area contributed by atoms with Crippen LogP contribution in [-0.2, 0) is 4.79 Å². The molecule has 3 rings (SSSR count). The number of methoxy groups -OCH3 is 1. The van der Waals surface area contributed by atoms with Crippen LogP contribution in [0, 0.1) is 5.92 Å². The SMILES string of the molecule is COc1ccc(/C=C/CN2CCCC(CCC(=O)N(C)C3CCN(C)CC3)C2)cc1. The van der Waals surface area contributed by atoms with Crippen molar-refractivity contribution in [2.45, 2.75) is 44.6 Å². The summed E-state index contributed by atoms with van der Waals surface area (Å²) >= 11 is 0. The van der Waals surface area contributed by atoms with Gasteiger partial charge in [0.15, 0.2) is 0 Å². The average Bonchev–Trinajstić information content (AvgIpc) is 2.78. The van der Waals surface area contributed by atoms with E-state index in [-0.39, 0.29) is 0 Å². The fraction of sp³-hybridized carbons (Fsp3) is 0.640. The summed E-state index contributed by atoms with van der Waals surface area (Å²) in [4.78, 5) is 19.6. The summed E-state index contributed by atoms with van der Waals surface area (Å²) in [6.45, 7) is 5.45.